The summed E-state index contributed by atoms with van der Waals surface area (Å²) in [5.41, 5.74) is 0.863. The second-order valence-electron chi connectivity index (χ2n) is 9.63. The molecule has 2 aromatic rings. The van der Waals surface area contributed by atoms with E-state index in [0.29, 0.717) is 24.3 Å². The van der Waals surface area contributed by atoms with Crippen LogP contribution < -0.4 is 11.2 Å². The van der Waals surface area contributed by atoms with Crippen LogP contribution in [0.4, 0.5) is 0 Å². The van der Waals surface area contributed by atoms with Crippen LogP contribution in [0, 0.1) is 17.8 Å². The van der Waals surface area contributed by atoms with Gasteiger partial charge in [-0.15, -0.1) is 0 Å². The number of nitrogens with one attached hydrogen (secondary N) is 1. The number of aromatic nitrogens is 4. The summed E-state index contributed by atoms with van der Waals surface area (Å²) < 4.78 is 3.18. The summed E-state index contributed by atoms with van der Waals surface area (Å²) in [4.78, 5) is 34.6. The van der Waals surface area contributed by atoms with Gasteiger partial charge in [-0.05, 0) is 62.7 Å². The van der Waals surface area contributed by atoms with E-state index in [4.69, 9.17) is 4.98 Å². The summed E-state index contributed by atoms with van der Waals surface area (Å²) in [6.45, 7) is 5.32. The quantitative estimate of drug-likeness (QED) is 0.793. The number of rotatable bonds is 7. The number of unbranched alkanes of at least 4 members (excludes halogenated alkanes) is 2. The third kappa shape index (κ3) is 2.56. The molecule has 0 aromatic carbocycles. The summed E-state index contributed by atoms with van der Waals surface area (Å²) in [7, 11) is 0. The van der Waals surface area contributed by atoms with Gasteiger partial charge in [0.25, 0.3) is 5.56 Å². The second-order valence-corrected chi connectivity index (χ2v) is 9.63. The monoisotopic (exact) mass is 384 g/mol. The van der Waals surface area contributed by atoms with Crippen molar-refractivity contribution in [1.29, 1.82) is 0 Å². The Morgan fingerprint density at radius 2 is 1.64 bits per heavy atom. The van der Waals surface area contributed by atoms with Crippen LogP contribution >= 0.6 is 0 Å². The van der Waals surface area contributed by atoms with E-state index in [-0.39, 0.29) is 16.7 Å². The third-order valence-corrected chi connectivity index (χ3v) is 7.76. The standard InChI is InChI=1S/C22H32N4O2/c1-3-5-7-25-18-17(19(27)26(21(25)28)8-6-4-2)23-20(24-18)22-11-14-9-15(12-22)16(10-14)13-22/h14-16H,3-13H2,1-2H3,(H,23,24). The predicted molar refractivity (Wildman–Crippen MR) is 110 cm³/mol. The minimum atomic E-state index is -0.189. The molecule has 6 nitrogen and oxygen atoms in total. The highest BCUT2D eigenvalue weighted by Gasteiger charge is 2.57. The zero-order valence-electron chi connectivity index (χ0n) is 17.2. The number of nitrogens with zero attached hydrogens (tertiary/aromatic N) is 3. The molecule has 6 rings (SSSR count). The molecule has 152 valence electrons. The van der Waals surface area contributed by atoms with Gasteiger partial charge >= 0.3 is 5.69 Å². The molecule has 4 saturated carbocycles. The van der Waals surface area contributed by atoms with Gasteiger partial charge in [-0.3, -0.25) is 13.9 Å². The lowest BCUT2D eigenvalue weighted by Crippen LogP contribution is -2.40. The number of hydrogen-bond acceptors (Lipinski definition) is 3. The molecule has 1 N–H and O–H groups in total. The fourth-order valence-electron chi connectivity index (χ4n) is 6.55. The lowest BCUT2D eigenvalue weighted by atomic mass is 9.69. The van der Waals surface area contributed by atoms with Crippen molar-refractivity contribution in [1.82, 2.24) is 19.1 Å². The first-order valence-electron chi connectivity index (χ1n) is 11.3. The first kappa shape index (κ1) is 18.2. The average molecular weight is 385 g/mol. The molecule has 6 heteroatoms. The highest BCUT2D eigenvalue weighted by Crippen LogP contribution is 2.64. The topological polar surface area (TPSA) is 72.7 Å². The van der Waals surface area contributed by atoms with Crippen molar-refractivity contribution in [3.8, 4) is 0 Å². The Morgan fingerprint density at radius 3 is 2.25 bits per heavy atom. The van der Waals surface area contributed by atoms with Gasteiger partial charge in [0.2, 0.25) is 0 Å². The number of aryl methyl sites for hydroxylation is 1. The number of imidazole rings is 1. The molecule has 0 radical (unpaired) electrons. The van der Waals surface area contributed by atoms with E-state index in [1.54, 1.807) is 4.57 Å². The van der Waals surface area contributed by atoms with Crippen LogP contribution in [-0.2, 0) is 18.5 Å². The van der Waals surface area contributed by atoms with Crippen molar-refractivity contribution in [2.75, 3.05) is 0 Å². The van der Waals surface area contributed by atoms with Gasteiger partial charge in [0.05, 0.1) is 0 Å². The summed E-state index contributed by atoms with van der Waals surface area (Å²) >= 11 is 0. The molecule has 4 aliphatic carbocycles. The molecule has 0 saturated heterocycles. The molecule has 28 heavy (non-hydrogen) atoms. The van der Waals surface area contributed by atoms with E-state index in [2.05, 4.69) is 18.8 Å². The van der Waals surface area contributed by atoms with Gasteiger partial charge in [-0.2, -0.15) is 0 Å². The number of fused-ring (bicyclic) bond motifs is 1. The van der Waals surface area contributed by atoms with E-state index in [1.807, 2.05) is 0 Å². The zero-order chi connectivity index (χ0) is 19.5. The van der Waals surface area contributed by atoms with Crippen molar-refractivity contribution in [3.63, 3.8) is 0 Å². The van der Waals surface area contributed by atoms with Crippen LogP contribution in [0.15, 0.2) is 9.59 Å². The van der Waals surface area contributed by atoms with Crippen LogP contribution in [0.3, 0.4) is 0 Å². The maximum absolute atomic E-state index is 13.1. The molecule has 2 unspecified atom stereocenters. The van der Waals surface area contributed by atoms with E-state index in [9.17, 15) is 9.59 Å². The average Bonchev–Trinajstić information content (AvgIpc) is 3.31. The first-order chi connectivity index (χ1) is 13.6. The molecular formula is C22H32N4O2. The Balaban J connectivity index is 1.65. The minimum absolute atomic E-state index is 0.113. The fourth-order valence-corrected chi connectivity index (χ4v) is 6.55. The molecule has 0 amide bonds. The normalized spacial score (nSPS) is 30.7. The molecule has 4 fully saturated rings. The van der Waals surface area contributed by atoms with Gasteiger partial charge in [0, 0.05) is 18.5 Å². The molecule has 0 aliphatic heterocycles. The van der Waals surface area contributed by atoms with Crippen molar-refractivity contribution in [2.24, 2.45) is 17.8 Å². The van der Waals surface area contributed by atoms with Crippen LogP contribution in [0.2, 0.25) is 0 Å². The summed E-state index contributed by atoms with van der Waals surface area (Å²) in [5.74, 6) is 3.49. The number of hydrogen-bond donors (Lipinski definition) is 1. The van der Waals surface area contributed by atoms with Crippen molar-refractivity contribution in [3.05, 3.63) is 26.7 Å². The summed E-state index contributed by atoms with van der Waals surface area (Å²) in [5, 5.41) is 0. The van der Waals surface area contributed by atoms with Crippen molar-refractivity contribution < 1.29 is 0 Å². The molecule has 4 aliphatic rings. The molecular weight excluding hydrogens is 352 g/mol. The number of H-pyrrole nitrogens is 1. The lowest BCUT2D eigenvalue weighted by molar-refractivity contribution is 0.220. The first-order valence-corrected chi connectivity index (χ1v) is 11.3. The second kappa shape index (κ2) is 6.60. The van der Waals surface area contributed by atoms with E-state index in [0.717, 1.165) is 49.3 Å². The fraction of sp³-hybridized carbons (Fsp3) is 0.773. The summed E-state index contributed by atoms with van der Waals surface area (Å²) in [6, 6.07) is 0. The molecule has 2 atom stereocenters. The van der Waals surface area contributed by atoms with Gasteiger partial charge in [0.15, 0.2) is 5.65 Å². The highest BCUT2D eigenvalue weighted by molar-refractivity contribution is 5.70. The smallest absolute Gasteiger partial charge is 0.332 e. The maximum atomic E-state index is 13.1. The largest absolute Gasteiger partial charge is 0.336 e. The van der Waals surface area contributed by atoms with Gasteiger partial charge in [-0.1, -0.05) is 26.7 Å². The van der Waals surface area contributed by atoms with Crippen molar-refractivity contribution >= 4 is 11.2 Å². The van der Waals surface area contributed by atoms with Gasteiger partial charge in [0.1, 0.15) is 11.3 Å². The molecule has 2 aromatic heterocycles. The van der Waals surface area contributed by atoms with Crippen LogP contribution in [0.25, 0.3) is 11.2 Å². The Hall–Kier alpha value is -1.85. The third-order valence-electron chi connectivity index (χ3n) is 7.76. The molecule has 4 bridgehead atoms. The van der Waals surface area contributed by atoms with Gasteiger partial charge < -0.3 is 4.98 Å². The number of aromatic amines is 1. The van der Waals surface area contributed by atoms with Crippen LogP contribution in [-0.4, -0.2) is 19.1 Å². The maximum Gasteiger partial charge on any atom is 0.332 e. The Bertz CT molecular complexity index is 994. The van der Waals surface area contributed by atoms with Gasteiger partial charge in [-0.25, -0.2) is 9.78 Å². The van der Waals surface area contributed by atoms with E-state index < -0.39 is 0 Å². The van der Waals surface area contributed by atoms with Crippen molar-refractivity contribution in [2.45, 2.75) is 90.1 Å². The Kier molecular flexibility index (Phi) is 4.29. The van der Waals surface area contributed by atoms with Crippen LogP contribution in [0.5, 0.6) is 0 Å². The zero-order valence-corrected chi connectivity index (χ0v) is 17.2. The lowest BCUT2D eigenvalue weighted by Gasteiger charge is -2.36. The SMILES string of the molecule is CCCCn1c(=O)c2[nH]c(C34CC5CC(C3)C(C5)C4)nc2n(CCCC)c1=O. The van der Waals surface area contributed by atoms with Crippen LogP contribution in [0.1, 0.15) is 77.5 Å². The van der Waals surface area contributed by atoms with E-state index in [1.165, 1.54) is 36.7 Å². The Morgan fingerprint density at radius 1 is 1.00 bits per heavy atom. The minimum Gasteiger partial charge on any atom is -0.336 e. The predicted octanol–water partition coefficient (Wildman–Crippen LogP) is 3.56. The highest BCUT2D eigenvalue weighted by atomic mass is 16.2. The Labute approximate surface area is 165 Å². The van der Waals surface area contributed by atoms with E-state index >= 15 is 0 Å². The summed E-state index contributed by atoms with van der Waals surface area (Å²) in [6.07, 6.45) is 10.1. The molecule has 0 spiro atoms. The molecule has 2 heterocycles.